The van der Waals surface area contributed by atoms with Crippen LogP contribution in [0.2, 0.25) is 0 Å². The van der Waals surface area contributed by atoms with Crippen molar-refractivity contribution in [2.45, 2.75) is 52.5 Å². The zero-order valence-corrected chi connectivity index (χ0v) is 25.5. The number of nitrogens with two attached hydrogens (primary N) is 1. The molecule has 3 N–H and O–H groups in total. The summed E-state index contributed by atoms with van der Waals surface area (Å²) >= 11 is 1.48. The van der Waals surface area contributed by atoms with Crippen molar-refractivity contribution < 1.29 is 34.7 Å². The Hall–Kier alpha value is -1.88. The number of benzene rings is 2. The number of nitrogens with zero attached hydrogens (tertiary/aromatic N) is 2. The van der Waals surface area contributed by atoms with Crippen LogP contribution in [0.3, 0.4) is 0 Å². The number of halogens is 3. The molecule has 2 atom stereocenters. The summed E-state index contributed by atoms with van der Waals surface area (Å²) < 4.78 is 95.2. The molecule has 1 saturated heterocycles. The predicted molar refractivity (Wildman–Crippen MR) is 154 cm³/mol. The van der Waals surface area contributed by atoms with Gasteiger partial charge < -0.3 is 15.0 Å². The molecule has 1 heterocycles. The van der Waals surface area contributed by atoms with Crippen LogP contribution in [0, 0.1) is 0 Å². The third-order valence-electron chi connectivity index (χ3n) is 6.91. The van der Waals surface area contributed by atoms with Crippen LogP contribution in [0.15, 0.2) is 63.2 Å². The van der Waals surface area contributed by atoms with Gasteiger partial charge in [0.1, 0.15) is 4.90 Å². The first-order valence-electron chi connectivity index (χ1n) is 13.2. The van der Waals surface area contributed by atoms with Crippen LogP contribution in [0.25, 0.3) is 0 Å². The second kappa shape index (κ2) is 14.5. The minimum Gasteiger partial charge on any atom is -0.380 e. The van der Waals surface area contributed by atoms with Crippen LogP contribution >= 0.6 is 11.8 Å². The summed E-state index contributed by atoms with van der Waals surface area (Å²) in [5.41, 5.74) is -5.98. The molecular formula is C26H37F3N4O5S3. The molecule has 0 bridgehead atoms. The Morgan fingerprint density at radius 1 is 1.12 bits per heavy atom. The number of sulfone groups is 1. The number of primary sulfonamides is 1. The van der Waals surface area contributed by atoms with E-state index in [2.05, 4.69) is 29.0 Å². The van der Waals surface area contributed by atoms with Gasteiger partial charge in [0.05, 0.1) is 23.8 Å². The minimum absolute atomic E-state index is 0.140. The fourth-order valence-electron chi connectivity index (χ4n) is 4.53. The number of anilines is 1. The van der Waals surface area contributed by atoms with Crippen molar-refractivity contribution in [2.24, 2.45) is 5.14 Å². The smallest absolute Gasteiger partial charge is 0.380 e. The van der Waals surface area contributed by atoms with Crippen molar-refractivity contribution in [3.8, 4) is 0 Å². The Morgan fingerprint density at radius 3 is 2.41 bits per heavy atom. The Kier molecular flexibility index (Phi) is 11.9. The van der Waals surface area contributed by atoms with E-state index in [1.54, 1.807) is 0 Å². The molecular weight excluding hydrogens is 602 g/mol. The fourth-order valence-corrected chi connectivity index (χ4v) is 7.09. The molecule has 3 rings (SSSR count). The third-order valence-corrected chi connectivity index (χ3v) is 10.5. The summed E-state index contributed by atoms with van der Waals surface area (Å²) in [4.78, 5) is 3.62. The Labute approximate surface area is 244 Å². The van der Waals surface area contributed by atoms with Crippen LogP contribution in [-0.4, -0.2) is 95.9 Å². The van der Waals surface area contributed by atoms with Gasteiger partial charge in [-0.1, -0.05) is 32.0 Å². The van der Waals surface area contributed by atoms with Gasteiger partial charge in [0, 0.05) is 42.4 Å². The molecule has 0 spiro atoms. The van der Waals surface area contributed by atoms with E-state index in [-0.39, 0.29) is 11.7 Å². The van der Waals surface area contributed by atoms with Crippen molar-refractivity contribution in [3.05, 3.63) is 48.5 Å². The molecule has 0 aliphatic carbocycles. The highest BCUT2D eigenvalue weighted by atomic mass is 32.2. The first-order valence-corrected chi connectivity index (χ1v) is 17.2. The number of hydrogen-bond donors (Lipinski definition) is 2. The largest absolute Gasteiger partial charge is 0.501 e. The van der Waals surface area contributed by atoms with Gasteiger partial charge in [0.2, 0.25) is 10.0 Å². The minimum atomic E-state index is -5.89. The van der Waals surface area contributed by atoms with Gasteiger partial charge in [0.15, 0.2) is 0 Å². The zero-order valence-electron chi connectivity index (χ0n) is 23.0. The van der Waals surface area contributed by atoms with Crippen molar-refractivity contribution in [1.82, 2.24) is 9.80 Å². The second-order valence-corrected chi connectivity index (χ2v) is 14.2. The van der Waals surface area contributed by atoms with Gasteiger partial charge >= 0.3 is 5.51 Å². The summed E-state index contributed by atoms with van der Waals surface area (Å²) in [5.74, 6) is 0.414. The van der Waals surface area contributed by atoms with Crippen LogP contribution in [0.1, 0.15) is 20.3 Å². The van der Waals surface area contributed by atoms with Gasteiger partial charge in [-0.05, 0) is 49.8 Å². The first kappa shape index (κ1) is 33.6. The van der Waals surface area contributed by atoms with Crippen molar-refractivity contribution in [1.29, 1.82) is 0 Å². The molecule has 15 heteroatoms. The molecule has 0 saturated carbocycles. The maximum atomic E-state index is 13.6. The van der Waals surface area contributed by atoms with E-state index in [1.807, 2.05) is 30.3 Å². The summed E-state index contributed by atoms with van der Waals surface area (Å²) in [6, 6.07) is 11.6. The van der Waals surface area contributed by atoms with Crippen molar-refractivity contribution in [2.75, 3.05) is 57.0 Å². The van der Waals surface area contributed by atoms with Gasteiger partial charge in [0.25, 0.3) is 9.84 Å². The average Bonchev–Trinajstić information content (AvgIpc) is 2.93. The average molecular weight is 639 g/mol. The second-order valence-electron chi connectivity index (χ2n) is 9.66. The lowest BCUT2D eigenvalue weighted by Crippen LogP contribution is -2.52. The third kappa shape index (κ3) is 9.30. The van der Waals surface area contributed by atoms with Gasteiger partial charge in [-0.15, -0.1) is 11.8 Å². The number of thioether (sulfide) groups is 1. The summed E-state index contributed by atoms with van der Waals surface area (Å²) in [5, 5.41) is 8.08. The van der Waals surface area contributed by atoms with Gasteiger partial charge in [-0.3, -0.25) is 4.90 Å². The Balaban J connectivity index is 1.91. The fraction of sp³-hybridized carbons (Fsp3) is 0.538. The molecule has 1 fully saturated rings. The molecule has 2 unspecified atom stereocenters. The Morgan fingerprint density at radius 2 is 1.80 bits per heavy atom. The zero-order chi connectivity index (χ0) is 30.3. The molecule has 2 aromatic rings. The lowest BCUT2D eigenvalue weighted by molar-refractivity contribution is -0.0435. The van der Waals surface area contributed by atoms with Crippen LogP contribution in [0.5, 0.6) is 0 Å². The molecule has 0 amide bonds. The number of alkyl halides is 3. The van der Waals surface area contributed by atoms with E-state index >= 15 is 0 Å². The first-order chi connectivity index (χ1) is 19.3. The van der Waals surface area contributed by atoms with E-state index < -0.39 is 41.2 Å². The van der Waals surface area contributed by atoms with Crippen LogP contribution in [-0.2, 0) is 24.6 Å². The van der Waals surface area contributed by atoms with Gasteiger partial charge in [-0.25, -0.2) is 22.0 Å². The lowest BCUT2D eigenvalue weighted by Gasteiger charge is -2.39. The standard InChI is InChI=1S/C26H37F3N4O5S3/c1-3-32(4-2)17-21-18-38-15-14-33(21)13-12-20(19-39-22-8-6-5-7-9-22)31-24-11-10-23(41(30,36)37)16-25(24)40(34,35)26(27,28)29/h5-11,16,20-21,31H,3-4,12-15,17-19H2,1-2H3,(H2,30,36,37). The number of sulfonamides is 1. The molecule has 1 aliphatic heterocycles. The normalized spacial score (nSPS) is 18.0. The van der Waals surface area contributed by atoms with Crippen LogP contribution in [0.4, 0.5) is 18.9 Å². The molecule has 2 aromatic carbocycles. The van der Waals surface area contributed by atoms with E-state index in [1.165, 1.54) is 11.8 Å². The summed E-state index contributed by atoms with van der Waals surface area (Å²) in [7, 11) is -10.3. The SMILES string of the molecule is CCN(CC)CC1COCCN1CCC(CSc1ccccc1)Nc1ccc(S(N)(=O)=O)cc1S(=O)(=O)C(F)(F)F. The number of rotatable bonds is 14. The molecule has 1 aliphatic rings. The van der Waals surface area contributed by atoms with E-state index in [4.69, 9.17) is 9.88 Å². The summed E-state index contributed by atoms with van der Waals surface area (Å²) in [6.07, 6.45) is 0.483. The van der Waals surface area contributed by atoms with Crippen molar-refractivity contribution in [3.63, 3.8) is 0 Å². The topological polar surface area (TPSA) is 122 Å². The van der Waals surface area contributed by atoms with E-state index in [9.17, 15) is 30.0 Å². The van der Waals surface area contributed by atoms with Crippen LogP contribution < -0.4 is 10.5 Å². The predicted octanol–water partition coefficient (Wildman–Crippen LogP) is 3.63. The monoisotopic (exact) mass is 638 g/mol. The molecule has 230 valence electrons. The van der Waals surface area contributed by atoms with Gasteiger partial charge in [-0.2, -0.15) is 13.2 Å². The quantitative estimate of drug-likeness (QED) is 0.299. The Bertz CT molecular complexity index is 1340. The highest BCUT2D eigenvalue weighted by Crippen LogP contribution is 2.36. The maximum Gasteiger partial charge on any atom is 0.501 e. The molecule has 9 nitrogen and oxygen atoms in total. The molecule has 0 aromatic heterocycles. The molecule has 41 heavy (non-hydrogen) atoms. The summed E-state index contributed by atoms with van der Waals surface area (Å²) in [6.45, 7) is 9.20. The number of hydrogen-bond acceptors (Lipinski definition) is 9. The van der Waals surface area contributed by atoms with E-state index in [0.717, 1.165) is 36.7 Å². The maximum absolute atomic E-state index is 13.6. The van der Waals surface area contributed by atoms with E-state index in [0.29, 0.717) is 44.5 Å². The highest BCUT2D eigenvalue weighted by Gasteiger charge is 2.48. The number of ether oxygens (including phenoxy) is 1. The highest BCUT2D eigenvalue weighted by molar-refractivity contribution is 7.99. The number of nitrogens with one attached hydrogen (secondary N) is 1. The van der Waals surface area contributed by atoms with Crippen molar-refractivity contribution >= 4 is 37.3 Å². The number of likely N-dealkylation sites (N-methyl/N-ethyl adjacent to an activating group) is 1. The molecule has 0 radical (unpaired) electrons. The number of morpholine rings is 1. The lowest BCUT2D eigenvalue weighted by atomic mass is 10.1.